The fourth-order valence-corrected chi connectivity index (χ4v) is 1.48. The van der Waals surface area contributed by atoms with Crippen molar-refractivity contribution in [2.75, 3.05) is 18.1 Å². The summed E-state index contributed by atoms with van der Waals surface area (Å²) in [5, 5.41) is 0. The van der Waals surface area contributed by atoms with Crippen molar-refractivity contribution < 1.29 is 17.9 Å². The summed E-state index contributed by atoms with van der Waals surface area (Å²) in [7, 11) is 0. The molecule has 0 saturated carbocycles. The number of nitrogens with two attached hydrogens (primary N) is 1. The molecule has 0 spiro atoms. The van der Waals surface area contributed by atoms with Gasteiger partial charge in [-0.05, 0) is 6.42 Å². The van der Waals surface area contributed by atoms with E-state index < -0.39 is 6.36 Å². The molecule has 13 heavy (non-hydrogen) atoms. The lowest BCUT2D eigenvalue weighted by atomic mass is 10.3. The molecule has 0 aromatic rings. The molecule has 1 atom stereocenters. The van der Waals surface area contributed by atoms with Crippen LogP contribution in [0.25, 0.3) is 0 Å². The van der Waals surface area contributed by atoms with E-state index >= 15 is 0 Å². The van der Waals surface area contributed by atoms with Gasteiger partial charge in [-0.3, -0.25) is 4.74 Å². The maximum absolute atomic E-state index is 11.5. The Balaban J connectivity index is 3.18. The quantitative estimate of drug-likeness (QED) is 0.691. The lowest BCUT2D eigenvalue weighted by molar-refractivity contribution is -0.322. The van der Waals surface area contributed by atoms with E-state index in [0.717, 1.165) is 6.42 Å². The summed E-state index contributed by atoms with van der Waals surface area (Å²) in [5.74, 6) is 1.00. The summed E-state index contributed by atoms with van der Waals surface area (Å²) >= 11 is 1.38. The molecule has 0 aromatic heterocycles. The highest BCUT2D eigenvalue weighted by Crippen LogP contribution is 2.16. The zero-order valence-corrected chi connectivity index (χ0v) is 8.25. The second kappa shape index (κ2) is 6.50. The zero-order valence-electron chi connectivity index (χ0n) is 7.43. The van der Waals surface area contributed by atoms with Gasteiger partial charge < -0.3 is 5.73 Å². The maximum Gasteiger partial charge on any atom is 0.522 e. The molecule has 0 fully saturated rings. The van der Waals surface area contributed by atoms with Gasteiger partial charge in [0.1, 0.15) is 0 Å². The van der Waals surface area contributed by atoms with Crippen molar-refractivity contribution in [2.24, 2.45) is 5.73 Å². The Morgan fingerprint density at radius 2 is 2.08 bits per heavy atom. The van der Waals surface area contributed by atoms with Crippen LogP contribution < -0.4 is 5.73 Å². The standard InChI is InChI=1S/C7H14F3NOS/c1-2-6(11)5-13-4-3-12-7(8,9)10/h6H,2-5,11H2,1H3. The summed E-state index contributed by atoms with van der Waals surface area (Å²) in [4.78, 5) is 0. The topological polar surface area (TPSA) is 35.2 Å². The predicted octanol–water partition coefficient (Wildman–Crippen LogP) is 1.99. The average Bonchev–Trinajstić information content (AvgIpc) is 2.01. The molecule has 0 bridgehead atoms. The summed E-state index contributed by atoms with van der Waals surface area (Å²) in [6.07, 6.45) is -3.67. The Morgan fingerprint density at radius 3 is 2.54 bits per heavy atom. The molecule has 0 aliphatic heterocycles. The first-order chi connectivity index (χ1) is 5.95. The third-order valence-corrected chi connectivity index (χ3v) is 2.47. The molecule has 0 aromatic carbocycles. The van der Waals surface area contributed by atoms with Crippen molar-refractivity contribution in [3.05, 3.63) is 0 Å². The molecule has 0 radical (unpaired) electrons. The molecule has 0 aliphatic carbocycles. The van der Waals surface area contributed by atoms with Gasteiger partial charge in [0.25, 0.3) is 0 Å². The highest BCUT2D eigenvalue weighted by molar-refractivity contribution is 7.99. The Labute approximate surface area is 80.0 Å². The minimum Gasteiger partial charge on any atom is -0.327 e. The molecule has 80 valence electrons. The van der Waals surface area contributed by atoms with Crippen LogP contribution in [-0.2, 0) is 4.74 Å². The van der Waals surface area contributed by atoms with Crippen molar-refractivity contribution in [1.82, 2.24) is 0 Å². The van der Waals surface area contributed by atoms with Crippen LogP contribution in [0, 0.1) is 0 Å². The second-order valence-electron chi connectivity index (χ2n) is 2.54. The van der Waals surface area contributed by atoms with Crippen LogP contribution in [0.15, 0.2) is 0 Å². The number of hydrogen-bond acceptors (Lipinski definition) is 3. The molecular formula is C7H14F3NOS. The predicted molar refractivity (Wildman–Crippen MR) is 47.6 cm³/mol. The number of halogens is 3. The van der Waals surface area contributed by atoms with Crippen LogP contribution in [0.4, 0.5) is 13.2 Å². The van der Waals surface area contributed by atoms with Crippen LogP contribution in [0.1, 0.15) is 13.3 Å². The SMILES string of the molecule is CCC(N)CSCCOC(F)(F)F. The van der Waals surface area contributed by atoms with Crippen LogP contribution in [0.3, 0.4) is 0 Å². The number of rotatable bonds is 6. The molecule has 2 N–H and O–H groups in total. The fourth-order valence-electron chi connectivity index (χ4n) is 0.569. The van der Waals surface area contributed by atoms with Crippen LogP contribution in [0.5, 0.6) is 0 Å². The number of ether oxygens (including phenoxy) is 1. The van der Waals surface area contributed by atoms with Gasteiger partial charge >= 0.3 is 6.36 Å². The maximum atomic E-state index is 11.5. The average molecular weight is 217 g/mol. The lowest BCUT2D eigenvalue weighted by Gasteiger charge is -2.09. The minimum absolute atomic E-state index is 0.0656. The van der Waals surface area contributed by atoms with E-state index in [1.807, 2.05) is 6.92 Å². The summed E-state index contributed by atoms with van der Waals surface area (Å²) < 4.78 is 37.9. The largest absolute Gasteiger partial charge is 0.522 e. The molecular weight excluding hydrogens is 203 g/mol. The molecule has 0 amide bonds. The van der Waals surface area contributed by atoms with E-state index in [1.165, 1.54) is 11.8 Å². The van der Waals surface area contributed by atoms with Gasteiger partial charge in [0.15, 0.2) is 0 Å². The van der Waals surface area contributed by atoms with Crippen molar-refractivity contribution in [3.63, 3.8) is 0 Å². The van der Waals surface area contributed by atoms with E-state index in [4.69, 9.17) is 5.73 Å². The minimum atomic E-state index is -4.51. The van der Waals surface area contributed by atoms with E-state index in [1.54, 1.807) is 0 Å². The van der Waals surface area contributed by atoms with Crippen LogP contribution >= 0.6 is 11.8 Å². The van der Waals surface area contributed by atoms with E-state index in [2.05, 4.69) is 4.74 Å². The molecule has 0 aliphatic rings. The fraction of sp³-hybridized carbons (Fsp3) is 1.00. The van der Waals surface area contributed by atoms with Gasteiger partial charge in [-0.25, -0.2) is 0 Å². The zero-order chi connectivity index (χ0) is 10.3. The van der Waals surface area contributed by atoms with Gasteiger partial charge in [0.05, 0.1) is 6.61 Å². The smallest absolute Gasteiger partial charge is 0.327 e. The van der Waals surface area contributed by atoms with E-state index in [-0.39, 0.29) is 12.6 Å². The first-order valence-electron chi connectivity index (χ1n) is 3.99. The lowest BCUT2D eigenvalue weighted by Crippen LogP contribution is -2.22. The third kappa shape index (κ3) is 9.98. The number of hydrogen-bond donors (Lipinski definition) is 1. The van der Waals surface area contributed by atoms with Gasteiger partial charge in [0, 0.05) is 17.5 Å². The van der Waals surface area contributed by atoms with Gasteiger partial charge in [-0.2, -0.15) is 11.8 Å². The highest BCUT2D eigenvalue weighted by Gasteiger charge is 2.28. The van der Waals surface area contributed by atoms with Crippen LogP contribution in [-0.4, -0.2) is 30.5 Å². The third-order valence-electron chi connectivity index (χ3n) is 1.35. The Bertz CT molecular complexity index is 131. The van der Waals surface area contributed by atoms with Gasteiger partial charge in [-0.1, -0.05) is 6.92 Å². The summed E-state index contributed by atoms with van der Waals surface area (Å²) in [5.41, 5.74) is 5.56. The van der Waals surface area contributed by atoms with Crippen molar-refractivity contribution in [3.8, 4) is 0 Å². The van der Waals surface area contributed by atoms with Gasteiger partial charge in [0.2, 0.25) is 0 Å². The first-order valence-corrected chi connectivity index (χ1v) is 5.15. The van der Waals surface area contributed by atoms with E-state index in [9.17, 15) is 13.2 Å². The second-order valence-corrected chi connectivity index (χ2v) is 3.69. The van der Waals surface area contributed by atoms with Gasteiger partial charge in [-0.15, -0.1) is 13.2 Å². The van der Waals surface area contributed by atoms with Crippen molar-refractivity contribution in [2.45, 2.75) is 25.7 Å². The molecule has 2 nitrogen and oxygen atoms in total. The first kappa shape index (κ1) is 13.1. The molecule has 0 heterocycles. The summed E-state index contributed by atoms with van der Waals surface area (Å²) in [6.45, 7) is 1.64. The Morgan fingerprint density at radius 1 is 1.46 bits per heavy atom. The normalized spacial score (nSPS) is 14.5. The molecule has 6 heteroatoms. The van der Waals surface area contributed by atoms with E-state index in [0.29, 0.717) is 11.5 Å². The number of alkyl halides is 3. The molecule has 0 saturated heterocycles. The molecule has 0 rings (SSSR count). The van der Waals surface area contributed by atoms with Crippen LogP contribution in [0.2, 0.25) is 0 Å². The van der Waals surface area contributed by atoms with Crippen molar-refractivity contribution >= 4 is 11.8 Å². The Hall–Kier alpha value is 0.0600. The number of thioether (sulfide) groups is 1. The summed E-state index contributed by atoms with van der Waals surface area (Å²) in [6, 6.07) is 0.0656. The monoisotopic (exact) mass is 217 g/mol. The van der Waals surface area contributed by atoms with Crippen molar-refractivity contribution in [1.29, 1.82) is 0 Å². The Kier molecular flexibility index (Phi) is 6.53. The molecule has 1 unspecified atom stereocenters. The highest BCUT2D eigenvalue weighted by atomic mass is 32.2.